The van der Waals surface area contributed by atoms with Crippen molar-refractivity contribution in [2.45, 2.75) is 12.8 Å². The maximum Gasteiger partial charge on any atom is 0.195 e. The summed E-state index contributed by atoms with van der Waals surface area (Å²) in [5.41, 5.74) is 0. The number of hydrogen-bond donors (Lipinski definition) is 0. The Morgan fingerprint density at radius 2 is 2.07 bits per heavy atom. The smallest absolute Gasteiger partial charge is 0.195 e. The highest BCUT2D eigenvalue weighted by atomic mass is 35.5. The molecule has 0 fully saturated rings. The molecule has 2 rings (SSSR count). The quantitative estimate of drug-likeness (QED) is 0.771. The number of alkyl halides is 1. The van der Waals surface area contributed by atoms with Gasteiger partial charge in [0.25, 0.3) is 0 Å². The topological polar surface area (TPSA) is 39.2 Å². The minimum absolute atomic E-state index is 0.337. The molecule has 2 aromatic heterocycles. The average Bonchev–Trinajstić information content (AvgIpc) is 2.83. The van der Waals surface area contributed by atoms with E-state index in [0.29, 0.717) is 28.5 Å². The number of oxazole rings is 1. The van der Waals surface area contributed by atoms with E-state index in [9.17, 15) is 0 Å². The average molecular weight is 246 g/mol. The molecule has 80 valence electrons. The van der Waals surface area contributed by atoms with Gasteiger partial charge in [-0.3, -0.25) is 0 Å². The Kier molecular flexibility index (Phi) is 3.34. The van der Waals surface area contributed by atoms with Crippen LogP contribution >= 0.6 is 23.2 Å². The van der Waals surface area contributed by atoms with Crippen molar-refractivity contribution in [1.82, 2.24) is 4.98 Å². The molecule has 0 atom stereocenters. The molecule has 0 saturated heterocycles. The maximum absolute atomic E-state index is 5.65. The number of nitrogens with zero attached hydrogens (tertiary/aromatic N) is 1. The molecule has 0 aliphatic rings. The minimum atomic E-state index is 0.337. The van der Waals surface area contributed by atoms with Crippen LogP contribution in [0.25, 0.3) is 11.5 Å². The predicted molar refractivity (Wildman–Crippen MR) is 58.3 cm³/mol. The molecule has 0 aliphatic heterocycles. The molecule has 15 heavy (non-hydrogen) atoms. The fourth-order valence-electron chi connectivity index (χ4n) is 1.20. The second-order valence-electron chi connectivity index (χ2n) is 3.01. The van der Waals surface area contributed by atoms with Crippen LogP contribution in [0, 0.1) is 0 Å². The normalized spacial score (nSPS) is 10.8. The maximum atomic E-state index is 5.65. The van der Waals surface area contributed by atoms with Crippen LogP contribution in [-0.2, 0) is 6.42 Å². The molecule has 2 heterocycles. The van der Waals surface area contributed by atoms with Crippen LogP contribution in [0.4, 0.5) is 0 Å². The third kappa shape index (κ3) is 2.55. The van der Waals surface area contributed by atoms with Crippen LogP contribution in [0.15, 0.2) is 27.2 Å². The first-order valence-electron chi connectivity index (χ1n) is 4.56. The largest absolute Gasteiger partial charge is 0.441 e. The van der Waals surface area contributed by atoms with Crippen LogP contribution in [0.1, 0.15) is 12.3 Å². The highest BCUT2D eigenvalue weighted by Gasteiger charge is 2.09. The molecule has 0 saturated carbocycles. The molecule has 0 bridgehead atoms. The predicted octanol–water partition coefficient (Wildman–Crippen LogP) is 3.76. The summed E-state index contributed by atoms with van der Waals surface area (Å²) in [6, 6.07) is 3.41. The zero-order valence-corrected chi connectivity index (χ0v) is 9.38. The molecule has 0 amide bonds. The Bertz CT molecular complexity index is 436. The van der Waals surface area contributed by atoms with E-state index in [1.165, 1.54) is 0 Å². The van der Waals surface area contributed by atoms with Gasteiger partial charge in [-0.15, -0.1) is 11.6 Å². The Hall–Kier alpha value is -0.930. The Balaban J connectivity index is 2.13. The van der Waals surface area contributed by atoms with Crippen LogP contribution in [-0.4, -0.2) is 10.9 Å². The van der Waals surface area contributed by atoms with Gasteiger partial charge in [0.1, 0.15) is 0 Å². The van der Waals surface area contributed by atoms with E-state index in [2.05, 4.69) is 4.98 Å². The molecule has 5 heteroatoms. The second-order valence-corrected chi connectivity index (χ2v) is 3.77. The molecule has 0 aliphatic carbocycles. The van der Waals surface area contributed by atoms with Crippen LogP contribution in [0.3, 0.4) is 0 Å². The summed E-state index contributed by atoms with van der Waals surface area (Å²) in [6.45, 7) is 0. The van der Waals surface area contributed by atoms with Gasteiger partial charge in [-0.25, -0.2) is 4.98 Å². The van der Waals surface area contributed by atoms with Crippen molar-refractivity contribution >= 4 is 23.2 Å². The summed E-state index contributed by atoms with van der Waals surface area (Å²) in [6.07, 6.45) is 3.21. The lowest BCUT2D eigenvalue weighted by atomic mass is 10.3. The summed E-state index contributed by atoms with van der Waals surface area (Å²) in [5.74, 6) is 2.44. The third-order valence-corrected chi connectivity index (χ3v) is 2.36. The van der Waals surface area contributed by atoms with Crippen molar-refractivity contribution in [1.29, 1.82) is 0 Å². The zero-order chi connectivity index (χ0) is 10.7. The minimum Gasteiger partial charge on any atom is -0.441 e. The fourth-order valence-corrected chi connectivity index (χ4v) is 1.48. The van der Waals surface area contributed by atoms with E-state index < -0.39 is 0 Å². The van der Waals surface area contributed by atoms with Crippen LogP contribution < -0.4 is 0 Å². The monoisotopic (exact) mass is 245 g/mol. The summed E-state index contributed by atoms with van der Waals surface area (Å²) in [5, 5.41) is 0.337. The van der Waals surface area contributed by atoms with Crippen molar-refractivity contribution in [3.05, 3.63) is 29.4 Å². The van der Waals surface area contributed by atoms with E-state index in [4.69, 9.17) is 32.0 Å². The van der Waals surface area contributed by atoms with Gasteiger partial charge >= 0.3 is 0 Å². The highest BCUT2D eigenvalue weighted by molar-refractivity contribution is 6.28. The lowest BCUT2D eigenvalue weighted by Crippen LogP contribution is -1.84. The third-order valence-electron chi connectivity index (χ3n) is 1.89. The first kappa shape index (κ1) is 10.6. The first-order chi connectivity index (χ1) is 7.29. The van der Waals surface area contributed by atoms with Gasteiger partial charge in [-0.1, -0.05) is 0 Å². The lowest BCUT2D eigenvalue weighted by Gasteiger charge is -1.91. The van der Waals surface area contributed by atoms with Gasteiger partial charge in [0.15, 0.2) is 22.6 Å². The second kappa shape index (κ2) is 4.73. The van der Waals surface area contributed by atoms with Gasteiger partial charge in [0, 0.05) is 12.3 Å². The fraction of sp³-hybridized carbons (Fsp3) is 0.300. The Morgan fingerprint density at radius 3 is 2.73 bits per heavy atom. The summed E-state index contributed by atoms with van der Waals surface area (Å²) in [7, 11) is 0. The van der Waals surface area contributed by atoms with Gasteiger partial charge in [-0.2, -0.15) is 0 Å². The van der Waals surface area contributed by atoms with Crippen molar-refractivity contribution in [2.75, 3.05) is 5.88 Å². The van der Waals surface area contributed by atoms with Crippen LogP contribution in [0.5, 0.6) is 0 Å². The Morgan fingerprint density at radius 1 is 1.20 bits per heavy atom. The molecule has 3 nitrogen and oxygen atoms in total. The van der Waals surface area contributed by atoms with Crippen molar-refractivity contribution < 1.29 is 8.83 Å². The standard InChI is InChI=1S/C10H9Cl2NO2/c11-5-1-2-10-13-6-8(15-10)7-3-4-9(12)14-7/h3-4,6H,1-2,5H2. The number of rotatable bonds is 4. The van der Waals surface area contributed by atoms with E-state index in [1.807, 2.05) is 0 Å². The molecule has 0 N–H and O–H groups in total. The van der Waals surface area contributed by atoms with Gasteiger partial charge in [-0.05, 0) is 30.2 Å². The van der Waals surface area contributed by atoms with Crippen LogP contribution in [0.2, 0.25) is 5.22 Å². The van der Waals surface area contributed by atoms with Crippen molar-refractivity contribution in [3.63, 3.8) is 0 Å². The molecule has 0 spiro atoms. The molecule has 2 aromatic rings. The number of aryl methyl sites for hydroxylation is 1. The Labute approximate surface area is 97.0 Å². The van der Waals surface area contributed by atoms with E-state index in [1.54, 1.807) is 18.3 Å². The molecule has 0 aromatic carbocycles. The van der Waals surface area contributed by atoms with Gasteiger partial charge in [0.05, 0.1) is 6.20 Å². The van der Waals surface area contributed by atoms with E-state index in [0.717, 1.165) is 12.8 Å². The van der Waals surface area contributed by atoms with Gasteiger partial charge < -0.3 is 8.83 Å². The molecule has 0 radical (unpaired) electrons. The van der Waals surface area contributed by atoms with Crippen molar-refractivity contribution in [3.8, 4) is 11.5 Å². The summed E-state index contributed by atoms with van der Waals surface area (Å²) in [4.78, 5) is 4.11. The number of furan rings is 1. The van der Waals surface area contributed by atoms with E-state index >= 15 is 0 Å². The highest BCUT2D eigenvalue weighted by Crippen LogP contribution is 2.25. The van der Waals surface area contributed by atoms with Crippen molar-refractivity contribution in [2.24, 2.45) is 0 Å². The number of halogens is 2. The summed E-state index contributed by atoms with van der Waals surface area (Å²) < 4.78 is 10.7. The zero-order valence-electron chi connectivity index (χ0n) is 7.87. The summed E-state index contributed by atoms with van der Waals surface area (Å²) >= 11 is 11.2. The first-order valence-corrected chi connectivity index (χ1v) is 5.47. The lowest BCUT2D eigenvalue weighted by molar-refractivity contribution is 0.480. The molecule has 0 unspecified atom stereocenters. The molecular weight excluding hydrogens is 237 g/mol. The number of hydrogen-bond acceptors (Lipinski definition) is 3. The van der Waals surface area contributed by atoms with E-state index in [-0.39, 0.29) is 0 Å². The van der Waals surface area contributed by atoms with Gasteiger partial charge in [0.2, 0.25) is 0 Å². The molecular formula is C10H9Cl2NO2. The number of aromatic nitrogens is 1. The SMILES string of the molecule is ClCCCc1ncc(-c2ccc(Cl)o2)o1.